The van der Waals surface area contributed by atoms with E-state index >= 15 is 0 Å². The average Bonchev–Trinajstić information content (AvgIpc) is 2.30. The third kappa shape index (κ3) is 4.25. The Kier molecular flexibility index (Phi) is 5.60. The molecule has 1 unspecified atom stereocenters. The molecule has 0 aliphatic carbocycles. The van der Waals surface area contributed by atoms with E-state index in [0.717, 1.165) is 32.4 Å². The molecule has 1 aliphatic rings. The monoisotopic (exact) mass is 255 g/mol. The van der Waals surface area contributed by atoms with Crippen LogP contribution in [0.3, 0.4) is 0 Å². The van der Waals surface area contributed by atoms with Gasteiger partial charge in [0.1, 0.15) is 0 Å². The Labute approximate surface area is 111 Å². The molecule has 0 aromatic rings. The summed E-state index contributed by atoms with van der Waals surface area (Å²) in [6.07, 6.45) is 2.91. The largest absolute Gasteiger partial charge is 0.353 e. The van der Waals surface area contributed by atoms with Crippen LogP contribution in [-0.4, -0.2) is 42.0 Å². The highest BCUT2D eigenvalue weighted by Crippen LogP contribution is 2.20. The Morgan fingerprint density at radius 3 is 2.33 bits per heavy atom. The van der Waals surface area contributed by atoms with Crippen LogP contribution in [-0.2, 0) is 4.79 Å². The van der Waals surface area contributed by atoms with Crippen molar-refractivity contribution < 1.29 is 4.79 Å². The fraction of sp³-hybridized carbons (Fsp3) is 0.929. The molecule has 1 saturated heterocycles. The van der Waals surface area contributed by atoms with E-state index in [1.807, 2.05) is 6.92 Å². The van der Waals surface area contributed by atoms with Crippen molar-refractivity contribution in [3.05, 3.63) is 0 Å². The zero-order valence-electron chi connectivity index (χ0n) is 12.3. The van der Waals surface area contributed by atoms with Crippen molar-refractivity contribution in [2.24, 2.45) is 11.7 Å². The highest BCUT2D eigenvalue weighted by molar-refractivity contribution is 5.79. The smallest absolute Gasteiger partial charge is 0.224 e. The van der Waals surface area contributed by atoms with E-state index < -0.39 is 0 Å². The molecular formula is C14H29N3O. The SMILES string of the molecule is CCC(CN)C(=O)NC1CCN(C(C)(C)C)CC1. The third-order valence-corrected chi connectivity index (χ3v) is 3.94. The molecule has 18 heavy (non-hydrogen) atoms. The lowest BCUT2D eigenvalue weighted by Crippen LogP contribution is -2.51. The molecule has 4 nitrogen and oxygen atoms in total. The molecule has 4 heteroatoms. The number of likely N-dealkylation sites (tertiary alicyclic amines) is 1. The molecule has 0 spiro atoms. The lowest BCUT2D eigenvalue weighted by molar-refractivity contribution is -0.125. The summed E-state index contributed by atoms with van der Waals surface area (Å²) >= 11 is 0. The average molecular weight is 255 g/mol. The normalized spacial score (nSPS) is 20.7. The lowest BCUT2D eigenvalue weighted by Gasteiger charge is -2.41. The van der Waals surface area contributed by atoms with Gasteiger partial charge in [-0.05, 0) is 40.0 Å². The first-order valence-electron chi connectivity index (χ1n) is 7.14. The van der Waals surface area contributed by atoms with Crippen LogP contribution in [0.5, 0.6) is 0 Å². The van der Waals surface area contributed by atoms with Gasteiger partial charge in [-0.2, -0.15) is 0 Å². The van der Waals surface area contributed by atoms with Crippen molar-refractivity contribution >= 4 is 5.91 Å². The number of nitrogens with two attached hydrogens (primary N) is 1. The van der Waals surface area contributed by atoms with Crippen LogP contribution in [0.25, 0.3) is 0 Å². The maximum absolute atomic E-state index is 11.9. The summed E-state index contributed by atoms with van der Waals surface area (Å²) < 4.78 is 0. The van der Waals surface area contributed by atoms with Gasteiger partial charge in [0.25, 0.3) is 0 Å². The van der Waals surface area contributed by atoms with E-state index in [1.54, 1.807) is 0 Å². The number of piperidine rings is 1. The van der Waals surface area contributed by atoms with Crippen molar-refractivity contribution in [2.45, 2.75) is 58.5 Å². The lowest BCUT2D eigenvalue weighted by atomic mass is 9.97. The van der Waals surface area contributed by atoms with Crippen LogP contribution in [0.4, 0.5) is 0 Å². The van der Waals surface area contributed by atoms with Crippen molar-refractivity contribution in [3.8, 4) is 0 Å². The summed E-state index contributed by atoms with van der Waals surface area (Å²) in [5.41, 5.74) is 5.83. The van der Waals surface area contributed by atoms with Gasteiger partial charge in [0, 0.05) is 37.1 Å². The molecular weight excluding hydrogens is 226 g/mol. The number of hydrogen-bond donors (Lipinski definition) is 2. The summed E-state index contributed by atoms with van der Waals surface area (Å²) in [5, 5.41) is 3.15. The highest BCUT2D eigenvalue weighted by Gasteiger charge is 2.28. The van der Waals surface area contributed by atoms with E-state index in [9.17, 15) is 4.79 Å². The van der Waals surface area contributed by atoms with Gasteiger partial charge in [-0.15, -0.1) is 0 Å². The number of nitrogens with one attached hydrogen (secondary N) is 1. The number of rotatable bonds is 4. The number of nitrogens with zero attached hydrogens (tertiary/aromatic N) is 1. The Hall–Kier alpha value is -0.610. The number of carbonyl (C=O) groups excluding carboxylic acids is 1. The van der Waals surface area contributed by atoms with Crippen molar-refractivity contribution in [2.75, 3.05) is 19.6 Å². The second-order valence-electron chi connectivity index (χ2n) is 6.28. The van der Waals surface area contributed by atoms with Gasteiger partial charge in [0.2, 0.25) is 5.91 Å². The molecule has 1 rings (SSSR count). The third-order valence-electron chi connectivity index (χ3n) is 3.94. The van der Waals surface area contributed by atoms with Gasteiger partial charge in [0.15, 0.2) is 0 Å². The van der Waals surface area contributed by atoms with Crippen molar-refractivity contribution in [1.82, 2.24) is 10.2 Å². The van der Waals surface area contributed by atoms with Gasteiger partial charge >= 0.3 is 0 Å². The van der Waals surface area contributed by atoms with Crippen LogP contribution in [0.15, 0.2) is 0 Å². The molecule has 1 aliphatic heterocycles. The van der Waals surface area contributed by atoms with Gasteiger partial charge in [-0.1, -0.05) is 6.92 Å². The fourth-order valence-corrected chi connectivity index (χ4v) is 2.47. The summed E-state index contributed by atoms with van der Waals surface area (Å²) in [7, 11) is 0. The fourth-order valence-electron chi connectivity index (χ4n) is 2.47. The van der Waals surface area contributed by atoms with E-state index in [-0.39, 0.29) is 17.4 Å². The van der Waals surface area contributed by atoms with Crippen LogP contribution in [0.2, 0.25) is 0 Å². The van der Waals surface area contributed by atoms with Crippen molar-refractivity contribution in [1.29, 1.82) is 0 Å². The molecule has 1 fully saturated rings. The molecule has 0 aromatic heterocycles. The molecule has 1 atom stereocenters. The molecule has 0 aromatic carbocycles. The van der Waals surface area contributed by atoms with Crippen LogP contribution in [0, 0.1) is 5.92 Å². The first-order chi connectivity index (χ1) is 8.38. The van der Waals surface area contributed by atoms with Gasteiger partial charge in [0.05, 0.1) is 0 Å². The van der Waals surface area contributed by atoms with Crippen LogP contribution in [0.1, 0.15) is 47.0 Å². The Balaban J connectivity index is 2.38. The van der Waals surface area contributed by atoms with E-state index in [2.05, 4.69) is 31.0 Å². The number of hydrogen-bond acceptors (Lipinski definition) is 3. The van der Waals surface area contributed by atoms with E-state index in [1.165, 1.54) is 0 Å². The predicted octanol–water partition coefficient (Wildman–Crippen LogP) is 1.35. The summed E-state index contributed by atoms with van der Waals surface area (Å²) in [6.45, 7) is 11.3. The van der Waals surface area contributed by atoms with E-state index in [0.29, 0.717) is 12.6 Å². The minimum atomic E-state index is -0.0226. The van der Waals surface area contributed by atoms with E-state index in [4.69, 9.17) is 5.73 Å². The van der Waals surface area contributed by atoms with Gasteiger partial charge < -0.3 is 11.1 Å². The maximum Gasteiger partial charge on any atom is 0.224 e. The first kappa shape index (κ1) is 15.4. The second-order valence-corrected chi connectivity index (χ2v) is 6.28. The minimum Gasteiger partial charge on any atom is -0.353 e. The Morgan fingerprint density at radius 2 is 1.94 bits per heavy atom. The standard InChI is InChI=1S/C14H29N3O/c1-5-11(10-15)13(18)16-12-6-8-17(9-7-12)14(2,3)4/h11-12H,5-10,15H2,1-4H3,(H,16,18). The first-order valence-corrected chi connectivity index (χ1v) is 7.14. The summed E-state index contributed by atoms with van der Waals surface area (Å²) in [5.74, 6) is 0.111. The Morgan fingerprint density at radius 1 is 1.39 bits per heavy atom. The summed E-state index contributed by atoms with van der Waals surface area (Å²) in [4.78, 5) is 14.4. The molecule has 0 saturated carbocycles. The number of amides is 1. The zero-order chi connectivity index (χ0) is 13.8. The Bertz CT molecular complexity index is 261. The molecule has 1 heterocycles. The van der Waals surface area contributed by atoms with Gasteiger partial charge in [-0.3, -0.25) is 9.69 Å². The molecule has 0 bridgehead atoms. The quantitative estimate of drug-likeness (QED) is 0.797. The van der Waals surface area contributed by atoms with Crippen LogP contribution >= 0.6 is 0 Å². The number of carbonyl (C=O) groups is 1. The zero-order valence-corrected chi connectivity index (χ0v) is 12.3. The van der Waals surface area contributed by atoms with Gasteiger partial charge in [-0.25, -0.2) is 0 Å². The minimum absolute atomic E-state index is 0.0226. The molecule has 3 N–H and O–H groups in total. The molecule has 0 radical (unpaired) electrons. The molecule has 1 amide bonds. The second kappa shape index (κ2) is 6.53. The highest BCUT2D eigenvalue weighted by atomic mass is 16.1. The topological polar surface area (TPSA) is 58.4 Å². The molecule has 106 valence electrons. The maximum atomic E-state index is 11.9. The summed E-state index contributed by atoms with van der Waals surface area (Å²) in [6, 6.07) is 0.330. The van der Waals surface area contributed by atoms with Crippen LogP contribution < -0.4 is 11.1 Å². The van der Waals surface area contributed by atoms with Crippen molar-refractivity contribution in [3.63, 3.8) is 0 Å². The predicted molar refractivity (Wildman–Crippen MR) is 75.3 cm³/mol.